The van der Waals surface area contributed by atoms with Gasteiger partial charge in [-0.1, -0.05) is 17.7 Å². The fourth-order valence-electron chi connectivity index (χ4n) is 2.82. The van der Waals surface area contributed by atoms with Crippen LogP contribution in [0.25, 0.3) is 11.5 Å². The van der Waals surface area contributed by atoms with E-state index in [-0.39, 0.29) is 0 Å². The molecule has 3 rings (SSSR count). The molecule has 1 saturated heterocycles. The molecule has 0 spiro atoms. The van der Waals surface area contributed by atoms with Gasteiger partial charge in [0.15, 0.2) is 6.67 Å². The number of nitrogens with zero attached hydrogens (tertiary/aromatic N) is 2. The molecule has 1 aromatic carbocycles. The zero-order valence-corrected chi connectivity index (χ0v) is 13.3. The van der Waals surface area contributed by atoms with Crippen molar-refractivity contribution in [3.63, 3.8) is 0 Å². The smallest absolute Gasteiger partial charge is 0.292 e. The highest BCUT2D eigenvalue weighted by atomic mass is 32.1. The molecule has 4 nitrogen and oxygen atoms in total. The van der Waals surface area contributed by atoms with Crippen LogP contribution in [-0.2, 0) is 6.67 Å². The van der Waals surface area contributed by atoms with E-state index in [0.717, 1.165) is 12.2 Å². The molecule has 0 aliphatic carbocycles. The predicted octanol–water partition coefficient (Wildman–Crippen LogP) is 2.60. The Labute approximate surface area is 130 Å². The minimum atomic E-state index is 0.474. The van der Waals surface area contributed by atoms with Crippen LogP contribution >= 0.6 is 12.2 Å². The number of nitrogens with one attached hydrogen (secondary N) is 1. The van der Waals surface area contributed by atoms with Crippen molar-refractivity contribution in [1.29, 1.82) is 0 Å². The van der Waals surface area contributed by atoms with Crippen LogP contribution in [0.4, 0.5) is 0 Å². The van der Waals surface area contributed by atoms with Crippen molar-refractivity contribution in [2.24, 2.45) is 0 Å². The summed E-state index contributed by atoms with van der Waals surface area (Å²) in [5.41, 5.74) is 2.21. The average molecular weight is 304 g/mol. The standard InChI is InChI=1S/C16H21N3OS/c1-13-6-8-14(9-7-13)15-17-19(16(21)20-15)12-18-10-4-2-3-5-11-18/h6-9H,2-5,10-12H2,1H3/p+1. The monoisotopic (exact) mass is 304 g/mol. The number of hydrogen-bond acceptors (Lipinski definition) is 3. The number of rotatable bonds is 3. The maximum absolute atomic E-state index is 5.67. The first-order chi connectivity index (χ1) is 10.2. The molecule has 0 unspecified atom stereocenters. The van der Waals surface area contributed by atoms with Gasteiger partial charge in [-0.25, -0.2) is 0 Å². The van der Waals surface area contributed by atoms with E-state index in [1.54, 1.807) is 4.90 Å². The van der Waals surface area contributed by atoms with Crippen molar-refractivity contribution in [2.45, 2.75) is 39.3 Å². The number of hydrogen-bond donors (Lipinski definition) is 1. The van der Waals surface area contributed by atoms with Crippen LogP contribution in [0.15, 0.2) is 28.7 Å². The summed E-state index contributed by atoms with van der Waals surface area (Å²) in [5, 5.41) is 4.56. The van der Waals surface area contributed by atoms with Gasteiger partial charge in [-0.05, 0) is 57.0 Å². The van der Waals surface area contributed by atoms with Gasteiger partial charge in [0.1, 0.15) is 0 Å². The summed E-state index contributed by atoms with van der Waals surface area (Å²) < 4.78 is 7.51. The lowest BCUT2D eigenvalue weighted by atomic mass is 10.1. The molecule has 5 heteroatoms. The van der Waals surface area contributed by atoms with E-state index >= 15 is 0 Å². The van der Waals surface area contributed by atoms with Gasteiger partial charge in [0.25, 0.3) is 4.84 Å². The number of quaternary nitrogens is 1. The predicted molar refractivity (Wildman–Crippen MR) is 84.7 cm³/mol. The highest BCUT2D eigenvalue weighted by Crippen LogP contribution is 2.17. The Kier molecular flexibility index (Phi) is 4.51. The Morgan fingerprint density at radius 2 is 1.81 bits per heavy atom. The molecule has 0 bridgehead atoms. The zero-order valence-electron chi connectivity index (χ0n) is 12.5. The van der Waals surface area contributed by atoms with Gasteiger partial charge in [0.2, 0.25) is 5.89 Å². The van der Waals surface area contributed by atoms with E-state index < -0.39 is 0 Å². The molecule has 1 aromatic heterocycles. The van der Waals surface area contributed by atoms with Crippen molar-refractivity contribution in [2.75, 3.05) is 13.1 Å². The molecule has 112 valence electrons. The molecule has 1 aliphatic rings. The third kappa shape index (κ3) is 3.60. The zero-order chi connectivity index (χ0) is 14.7. The largest absolute Gasteiger partial charge is 0.409 e. The normalized spacial score (nSPS) is 16.8. The molecule has 1 N–H and O–H groups in total. The third-order valence-corrected chi connectivity index (χ3v) is 4.38. The lowest BCUT2D eigenvalue weighted by Gasteiger charge is -2.15. The van der Waals surface area contributed by atoms with Crippen LogP contribution in [0.1, 0.15) is 31.2 Å². The van der Waals surface area contributed by atoms with Crippen molar-refractivity contribution in [3.05, 3.63) is 34.7 Å². The summed E-state index contributed by atoms with van der Waals surface area (Å²) >= 11 is 5.32. The lowest BCUT2D eigenvalue weighted by Crippen LogP contribution is -3.11. The van der Waals surface area contributed by atoms with E-state index in [1.165, 1.54) is 44.3 Å². The van der Waals surface area contributed by atoms with Gasteiger partial charge < -0.3 is 9.32 Å². The van der Waals surface area contributed by atoms with Crippen LogP contribution in [0.2, 0.25) is 0 Å². The molecular weight excluding hydrogens is 282 g/mol. The van der Waals surface area contributed by atoms with Gasteiger partial charge >= 0.3 is 0 Å². The summed E-state index contributed by atoms with van der Waals surface area (Å²) in [6, 6.07) is 8.18. The first-order valence-electron chi connectivity index (χ1n) is 7.71. The number of likely N-dealkylation sites (tertiary alicyclic amines) is 1. The summed E-state index contributed by atoms with van der Waals surface area (Å²) in [5.74, 6) is 0.620. The first-order valence-corrected chi connectivity index (χ1v) is 8.12. The minimum Gasteiger partial charge on any atom is -0.409 e. The Balaban J connectivity index is 1.77. The topological polar surface area (TPSA) is 35.4 Å². The van der Waals surface area contributed by atoms with Crippen molar-refractivity contribution < 1.29 is 9.32 Å². The molecule has 1 aliphatic heterocycles. The van der Waals surface area contributed by atoms with Gasteiger partial charge in [-0.2, -0.15) is 4.68 Å². The van der Waals surface area contributed by atoms with E-state index in [4.69, 9.17) is 16.6 Å². The quantitative estimate of drug-likeness (QED) is 0.885. The summed E-state index contributed by atoms with van der Waals surface area (Å²) in [4.78, 5) is 2.02. The van der Waals surface area contributed by atoms with Crippen LogP contribution in [0.5, 0.6) is 0 Å². The molecule has 0 radical (unpaired) electrons. The molecule has 0 atom stereocenters. The minimum absolute atomic E-state index is 0.474. The molecule has 2 heterocycles. The number of aryl methyl sites for hydroxylation is 1. The Morgan fingerprint density at radius 3 is 2.48 bits per heavy atom. The van der Waals surface area contributed by atoms with Crippen molar-refractivity contribution >= 4 is 12.2 Å². The van der Waals surface area contributed by atoms with Gasteiger partial charge in [0, 0.05) is 5.56 Å². The number of benzene rings is 1. The third-order valence-electron chi connectivity index (χ3n) is 4.09. The maximum atomic E-state index is 5.67. The lowest BCUT2D eigenvalue weighted by molar-refractivity contribution is -0.922. The SMILES string of the molecule is Cc1ccc(-c2nn(C[NH+]3CCCCCC3)c(=S)o2)cc1. The van der Waals surface area contributed by atoms with E-state index in [2.05, 4.69) is 24.2 Å². The van der Waals surface area contributed by atoms with E-state index in [9.17, 15) is 0 Å². The Hall–Kier alpha value is -1.46. The molecular formula is C16H22N3OS+. The maximum Gasteiger partial charge on any atom is 0.292 e. The van der Waals surface area contributed by atoms with Gasteiger partial charge in [-0.15, -0.1) is 5.10 Å². The highest BCUT2D eigenvalue weighted by molar-refractivity contribution is 7.71. The molecule has 1 fully saturated rings. The fourth-order valence-corrected chi connectivity index (χ4v) is 3.00. The number of aromatic nitrogens is 2. The van der Waals surface area contributed by atoms with Crippen molar-refractivity contribution in [3.8, 4) is 11.5 Å². The summed E-state index contributed by atoms with van der Waals surface area (Å²) in [7, 11) is 0. The van der Waals surface area contributed by atoms with Crippen molar-refractivity contribution in [1.82, 2.24) is 9.78 Å². The second kappa shape index (κ2) is 6.54. The highest BCUT2D eigenvalue weighted by Gasteiger charge is 2.15. The van der Waals surface area contributed by atoms with Crippen LogP contribution < -0.4 is 4.90 Å². The molecule has 21 heavy (non-hydrogen) atoms. The molecule has 0 amide bonds. The van der Waals surface area contributed by atoms with Crippen LogP contribution in [-0.4, -0.2) is 22.9 Å². The molecule has 0 saturated carbocycles. The van der Waals surface area contributed by atoms with Gasteiger partial charge in [0.05, 0.1) is 13.1 Å². The van der Waals surface area contributed by atoms with E-state index in [0.29, 0.717) is 10.7 Å². The van der Waals surface area contributed by atoms with Crippen LogP contribution in [0.3, 0.4) is 0 Å². The fraction of sp³-hybridized carbons (Fsp3) is 0.500. The second-order valence-electron chi connectivity index (χ2n) is 5.86. The second-order valence-corrected chi connectivity index (χ2v) is 6.21. The van der Waals surface area contributed by atoms with E-state index in [1.807, 2.05) is 16.8 Å². The first kappa shape index (κ1) is 14.5. The summed E-state index contributed by atoms with van der Waals surface area (Å²) in [6.45, 7) is 5.29. The summed E-state index contributed by atoms with van der Waals surface area (Å²) in [6.07, 6.45) is 5.29. The molecule has 2 aromatic rings. The Bertz CT molecular complexity index is 636. The van der Waals surface area contributed by atoms with Gasteiger partial charge in [-0.3, -0.25) is 0 Å². The van der Waals surface area contributed by atoms with Crippen LogP contribution in [0, 0.1) is 11.8 Å². The average Bonchev–Trinajstić information content (AvgIpc) is 2.69. The Morgan fingerprint density at radius 1 is 1.14 bits per heavy atom.